The van der Waals surface area contributed by atoms with Crippen LogP contribution in [0.3, 0.4) is 0 Å². The molecule has 0 aliphatic heterocycles. The summed E-state index contributed by atoms with van der Waals surface area (Å²) in [6, 6.07) is 0. The van der Waals surface area contributed by atoms with Gasteiger partial charge in [0.1, 0.15) is 5.78 Å². The highest BCUT2D eigenvalue weighted by Crippen LogP contribution is 2.65. The molecule has 0 amide bonds. The molecule has 21 heavy (non-hydrogen) atoms. The van der Waals surface area contributed by atoms with Crippen LogP contribution in [0.2, 0.25) is 0 Å². The lowest BCUT2D eigenvalue weighted by Crippen LogP contribution is -2.53. The van der Waals surface area contributed by atoms with Crippen LogP contribution in [0, 0.1) is 34.5 Å². The van der Waals surface area contributed by atoms with Crippen molar-refractivity contribution in [2.75, 3.05) is 0 Å². The number of Topliss-reactive ketones (excluding diaryl/α,β-unsaturated/α-hetero) is 1. The smallest absolute Gasteiger partial charge is 0.139 e. The van der Waals surface area contributed by atoms with Crippen molar-refractivity contribution in [3.63, 3.8) is 0 Å². The van der Waals surface area contributed by atoms with Gasteiger partial charge in [-0.3, -0.25) is 4.79 Å². The first-order valence-corrected chi connectivity index (χ1v) is 9.56. The van der Waals surface area contributed by atoms with Gasteiger partial charge in [-0.15, -0.1) is 11.6 Å². The third-order valence-corrected chi connectivity index (χ3v) is 8.71. The Morgan fingerprint density at radius 3 is 2.62 bits per heavy atom. The number of rotatable bonds is 0. The van der Waals surface area contributed by atoms with Crippen molar-refractivity contribution in [3.8, 4) is 0 Å². The number of hydrogen-bond donors (Lipinski definition) is 0. The van der Waals surface area contributed by atoms with Crippen LogP contribution in [0.1, 0.15) is 71.6 Å². The Kier molecular flexibility index (Phi) is 3.27. The van der Waals surface area contributed by atoms with Crippen molar-refractivity contribution >= 4 is 17.4 Å². The van der Waals surface area contributed by atoms with E-state index >= 15 is 0 Å². The molecule has 0 bridgehead atoms. The van der Waals surface area contributed by atoms with E-state index in [2.05, 4.69) is 13.8 Å². The van der Waals surface area contributed by atoms with Gasteiger partial charge >= 0.3 is 0 Å². The van der Waals surface area contributed by atoms with Crippen molar-refractivity contribution in [2.45, 2.75) is 77.0 Å². The standard InChI is InChI=1S/C19H29ClO/c1-18-9-7-13(20)11-12(18)3-4-14-15-5-6-17(21)19(15,2)10-8-16(14)18/h12-16H,3-11H2,1-2H3/t12-,13?,14?,15?,16?,18?,19?/m0/s1. The number of halogens is 1. The van der Waals surface area contributed by atoms with E-state index in [1.54, 1.807) is 0 Å². The minimum atomic E-state index is 0.0358. The fraction of sp³-hybridized carbons (Fsp3) is 0.947. The lowest BCUT2D eigenvalue weighted by molar-refractivity contribution is -0.138. The molecular formula is C19H29ClO. The largest absolute Gasteiger partial charge is 0.299 e. The molecule has 0 heterocycles. The molecule has 1 nitrogen and oxygen atoms in total. The molecule has 2 heteroatoms. The van der Waals surface area contributed by atoms with E-state index in [9.17, 15) is 4.79 Å². The lowest BCUT2D eigenvalue weighted by atomic mass is 9.45. The number of ketones is 1. The molecule has 0 radical (unpaired) electrons. The van der Waals surface area contributed by atoms with Gasteiger partial charge in [0.05, 0.1) is 0 Å². The first-order valence-electron chi connectivity index (χ1n) is 9.12. The summed E-state index contributed by atoms with van der Waals surface area (Å²) in [6.45, 7) is 4.85. The van der Waals surface area contributed by atoms with Crippen molar-refractivity contribution in [2.24, 2.45) is 34.5 Å². The predicted molar refractivity (Wildman–Crippen MR) is 86.4 cm³/mol. The molecule has 118 valence electrons. The van der Waals surface area contributed by atoms with Gasteiger partial charge in [-0.2, -0.15) is 0 Å². The molecule has 7 atom stereocenters. The number of hydrogen-bond acceptors (Lipinski definition) is 1. The SMILES string of the molecule is CC12CCC3C(CC[C@H]4CC(Cl)CCC34C)C1CCC2=O. The zero-order chi connectivity index (χ0) is 14.8. The van der Waals surface area contributed by atoms with Gasteiger partial charge in [0.15, 0.2) is 0 Å². The summed E-state index contributed by atoms with van der Waals surface area (Å²) in [6.07, 6.45) is 11.0. The highest BCUT2D eigenvalue weighted by atomic mass is 35.5. The molecule has 0 aromatic carbocycles. The first-order chi connectivity index (χ1) is 9.95. The van der Waals surface area contributed by atoms with Gasteiger partial charge in [-0.05, 0) is 80.5 Å². The fourth-order valence-electron chi connectivity index (χ4n) is 6.98. The van der Waals surface area contributed by atoms with E-state index in [1.165, 1.54) is 44.9 Å². The van der Waals surface area contributed by atoms with Gasteiger partial charge < -0.3 is 0 Å². The Morgan fingerprint density at radius 2 is 1.81 bits per heavy atom. The zero-order valence-corrected chi connectivity index (χ0v) is 14.3. The lowest BCUT2D eigenvalue weighted by Gasteiger charge is -2.60. The third-order valence-electron chi connectivity index (χ3n) is 8.31. The molecule has 0 aromatic heterocycles. The highest BCUT2D eigenvalue weighted by Gasteiger charge is 2.60. The summed E-state index contributed by atoms with van der Waals surface area (Å²) in [5.41, 5.74) is 0.551. The molecule has 4 fully saturated rings. The van der Waals surface area contributed by atoms with E-state index < -0.39 is 0 Å². The Balaban J connectivity index is 1.64. The van der Waals surface area contributed by atoms with Gasteiger partial charge in [0.2, 0.25) is 0 Å². The van der Waals surface area contributed by atoms with Crippen LogP contribution in [0.4, 0.5) is 0 Å². The van der Waals surface area contributed by atoms with Crippen LogP contribution < -0.4 is 0 Å². The molecule has 4 rings (SSSR count). The van der Waals surface area contributed by atoms with Crippen LogP contribution in [0.15, 0.2) is 0 Å². The normalized spacial score (nSPS) is 56.5. The minimum Gasteiger partial charge on any atom is -0.299 e. The molecule has 4 aliphatic carbocycles. The fourth-order valence-corrected chi connectivity index (χ4v) is 7.30. The number of carbonyl (C=O) groups excluding carboxylic acids is 1. The monoisotopic (exact) mass is 308 g/mol. The van der Waals surface area contributed by atoms with Crippen LogP contribution in [-0.4, -0.2) is 11.2 Å². The van der Waals surface area contributed by atoms with Crippen LogP contribution >= 0.6 is 11.6 Å². The van der Waals surface area contributed by atoms with Crippen molar-refractivity contribution in [1.82, 2.24) is 0 Å². The second kappa shape index (κ2) is 4.73. The van der Waals surface area contributed by atoms with E-state index in [1.807, 2.05) is 0 Å². The van der Waals surface area contributed by atoms with Crippen LogP contribution in [0.25, 0.3) is 0 Å². The summed E-state index contributed by atoms with van der Waals surface area (Å²) in [4.78, 5) is 12.4. The molecule has 0 N–H and O–H groups in total. The van der Waals surface area contributed by atoms with E-state index in [0.29, 0.717) is 22.5 Å². The Hall–Kier alpha value is -0.0400. The number of carbonyl (C=O) groups is 1. The van der Waals surface area contributed by atoms with Crippen LogP contribution in [-0.2, 0) is 4.79 Å². The number of fused-ring (bicyclic) bond motifs is 5. The maximum atomic E-state index is 12.4. The molecular weight excluding hydrogens is 280 g/mol. The maximum Gasteiger partial charge on any atom is 0.139 e. The number of alkyl halides is 1. The van der Waals surface area contributed by atoms with Crippen LogP contribution in [0.5, 0.6) is 0 Å². The molecule has 4 aliphatic rings. The summed E-state index contributed by atoms with van der Waals surface area (Å²) in [5, 5.41) is 0.418. The van der Waals surface area contributed by atoms with Gasteiger partial charge in [-0.1, -0.05) is 13.8 Å². The van der Waals surface area contributed by atoms with Crippen molar-refractivity contribution in [1.29, 1.82) is 0 Å². The molecule has 0 spiro atoms. The molecule has 4 saturated carbocycles. The average molecular weight is 309 g/mol. The second-order valence-corrected chi connectivity index (χ2v) is 9.56. The Bertz CT molecular complexity index is 460. The van der Waals surface area contributed by atoms with Crippen molar-refractivity contribution < 1.29 is 4.79 Å². The summed E-state index contributed by atoms with van der Waals surface area (Å²) in [5.74, 6) is 3.79. The Labute approximate surface area is 134 Å². The minimum absolute atomic E-state index is 0.0358. The molecule has 0 aromatic rings. The highest BCUT2D eigenvalue weighted by molar-refractivity contribution is 6.20. The Morgan fingerprint density at radius 1 is 1.00 bits per heavy atom. The summed E-state index contributed by atoms with van der Waals surface area (Å²) >= 11 is 6.46. The maximum absolute atomic E-state index is 12.4. The van der Waals surface area contributed by atoms with Gasteiger partial charge in [0, 0.05) is 17.2 Å². The second-order valence-electron chi connectivity index (χ2n) is 8.95. The van der Waals surface area contributed by atoms with Gasteiger partial charge in [0.25, 0.3) is 0 Å². The predicted octanol–water partition coefficient (Wildman–Crippen LogP) is 5.21. The first kappa shape index (κ1) is 14.5. The van der Waals surface area contributed by atoms with E-state index in [0.717, 1.165) is 30.6 Å². The summed E-state index contributed by atoms with van der Waals surface area (Å²) in [7, 11) is 0. The zero-order valence-electron chi connectivity index (χ0n) is 13.5. The van der Waals surface area contributed by atoms with E-state index in [4.69, 9.17) is 11.6 Å². The third kappa shape index (κ3) is 1.92. The quantitative estimate of drug-likeness (QED) is 0.562. The topological polar surface area (TPSA) is 17.1 Å². The van der Waals surface area contributed by atoms with Gasteiger partial charge in [-0.25, -0.2) is 0 Å². The molecule has 0 saturated heterocycles. The average Bonchev–Trinajstić information content (AvgIpc) is 2.76. The van der Waals surface area contributed by atoms with Crippen molar-refractivity contribution in [3.05, 3.63) is 0 Å². The van der Waals surface area contributed by atoms with E-state index in [-0.39, 0.29) is 5.41 Å². The molecule has 6 unspecified atom stereocenters. The summed E-state index contributed by atoms with van der Waals surface area (Å²) < 4.78 is 0.